The van der Waals surface area contributed by atoms with Crippen LogP contribution in [0.5, 0.6) is 0 Å². The van der Waals surface area contributed by atoms with E-state index >= 15 is 0 Å². The summed E-state index contributed by atoms with van der Waals surface area (Å²) in [7, 11) is 0. The molecule has 0 bridgehead atoms. The molecule has 2 aromatic heterocycles. The first kappa shape index (κ1) is 22.3. The van der Waals surface area contributed by atoms with Gasteiger partial charge in [-0.2, -0.15) is 0 Å². The van der Waals surface area contributed by atoms with Crippen molar-refractivity contribution in [1.82, 2.24) is 19.9 Å². The van der Waals surface area contributed by atoms with Gasteiger partial charge in [0.05, 0.1) is 13.2 Å². The lowest BCUT2D eigenvalue weighted by Gasteiger charge is -2.28. The molecule has 1 aromatic carbocycles. The van der Waals surface area contributed by atoms with Gasteiger partial charge in [0.25, 0.3) is 5.56 Å². The molecule has 1 fully saturated rings. The number of benzene rings is 1. The summed E-state index contributed by atoms with van der Waals surface area (Å²) >= 11 is 0. The third kappa shape index (κ3) is 4.48. The van der Waals surface area contributed by atoms with Crippen LogP contribution in [0.3, 0.4) is 0 Å². The predicted octanol–water partition coefficient (Wildman–Crippen LogP) is 2.78. The van der Waals surface area contributed by atoms with E-state index in [1.807, 2.05) is 22.9 Å². The van der Waals surface area contributed by atoms with Crippen LogP contribution in [0, 0.1) is 12.7 Å². The number of carbonyl (C=O) groups excluding carboxylic acids is 1. The van der Waals surface area contributed by atoms with Gasteiger partial charge in [0.2, 0.25) is 11.9 Å². The number of morpholine rings is 1. The summed E-state index contributed by atoms with van der Waals surface area (Å²) in [6.45, 7) is 5.57. The van der Waals surface area contributed by atoms with Gasteiger partial charge in [-0.25, -0.2) is 9.37 Å². The van der Waals surface area contributed by atoms with E-state index in [9.17, 15) is 14.0 Å². The maximum atomic E-state index is 13.5. The molecule has 0 atom stereocenters. The standard InChI is InChI=1S/C25H28FN5O3/c1-16-19(24(33)29-25(28-16)31-10-12-34-13-11-31)4-5-23(32)30-8-6-17(7-9-30)21-15-27-22-14-18(26)2-3-20(21)22/h2-3,6,14-15,27H,4-5,7-13H2,1H3,(H,28,29,33). The van der Waals surface area contributed by atoms with Gasteiger partial charge < -0.3 is 19.5 Å². The van der Waals surface area contributed by atoms with Gasteiger partial charge in [-0.1, -0.05) is 6.08 Å². The number of ether oxygens (including phenoxy) is 1. The predicted molar refractivity (Wildman–Crippen MR) is 128 cm³/mol. The number of nitrogens with zero attached hydrogens (tertiary/aromatic N) is 3. The Bertz CT molecular complexity index is 1310. The van der Waals surface area contributed by atoms with Crippen molar-refractivity contribution in [2.75, 3.05) is 44.3 Å². The normalized spacial score (nSPS) is 16.7. The Morgan fingerprint density at radius 1 is 1.24 bits per heavy atom. The summed E-state index contributed by atoms with van der Waals surface area (Å²) in [6, 6.07) is 4.74. The van der Waals surface area contributed by atoms with E-state index in [4.69, 9.17) is 4.74 Å². The first-order valence-corrected chi connectivity index (χ1v) is 11.7. The topological polar surface area (TPSA) is 94.3 Å². The maximum Gasteiger partial charge on any atom is 0.255 e. The minimum Gasteiger partial charge on any atom is -0.378 e. The van der Waals surface area contributed by atoms with Crippen LogP contribution in [0.15, 0.2) is 35.3 Å². The van der Waals surface area contributed by atoms with Gasteiger partial charge in [0, 0.05) is 66.5 Å². The Labute approximate surface area is 196 Å². The molecule has 0 spiro atoms. The average molecular weight is 466 g/mol. The minimum atomic E-state index is -0.268. The molecule has 0 unspecified atom stereocenters. The quantitative estimate of drug-likeness (QED) is 0.604. The molecule has 178 valence electrons. The highest BCUT2D eigenvalue weighted by Crippen LogP contribution is 2.29. The van der Waals surface area contributed by atoms with Crippen molar-refractivity contribution in [2.45, 2.75) is 26.2 Å². The second-order valence-corrected chi connectivity index (χ2v) is 8.76. The first-order valence-electron chi connectivity index (χ1n) is 11.7. The number of aromatic nitrogens is 3. The molecule has 2 N–H and O–H groups in total. The summed E-state index contributed by atoms with van der Waals surface area (Å²) in [5.41, 5.74) is 4.01. The largest absolute Gasteiger partial charge is 0.378 e. The number of carbonyl (C=O) groups is 1. The van der Waals surface area contributed by atoms with Crippen molar-refractivity contribution >= 4 is 28.3 Å². The van der Waals surface area contributed by atoms with Crippen LogP contribution in [-0.2, 0) is 16.0 Å². The molecule has 9 heteroatoms. The molecular formula is C25H28FN5O3. The van der Waals surface area contributed by atoms with Gasteiger partial charge in [0.1, 0.15) is 5.82 Å². The van der Waals surface area contributed by atoms with Crippen molar-refractivity contribution < 1.29 is 13.9 Å². The molecule has 1 amide bonds. The Balaban J connectivity index is 1.22. The molecule has 5 rings (SSSR count). The zero-order valence-corrected chi connectivity index (χ0v) is 19.2. The molecule has 2 aliphatic rings. The number of nitrogens with one attached hydrogen (secondary N) is 2. The lowest BCUT2D eigenvalue weighted by atomic mass is 9.98. The zero-order chi connectivity index (χ0) is 23.7. The molecule has 2 aliphatic heterocycles. The summed E-state index contributed by atoms with van der Waals surface area (Å²) in [6.07, 6.45) is 5.31. The lowest BCUT2D eigenvalue weighted by Crippen LogP contribution is -2.39. The number of aryl methyl sites for hydroxylation is 1. The second-order valence-electron chi connectivity index (χ2n) is 8.76. The van der Waals surface area contributed by atoms with Gasteiger partial charge in [-0.3, -0.25) is 14.6 Å². The van der Waals surface area contributed by atoms with Gasteiger partial charge >= 0.3 is 0 Å². The lowest BCUT2D eigenvalue weighted by molar-refractivity contribution is -0.130. The number of aromatic amines is 2. The van der Waals surface area contributed by atoms with Crippen LogP contribution < -0.4 is 10.5 Å². The van der Waals surface area contributed by atoms with Crippen LogP contribution in [0.4, 0.5) is 10.3 Å². The van der Waals surface area contributed by atoms with Crippen LogP contribution in [-0.4, -0.2) is 65.2 Å². The van der Waals surface area contributed by atoms with Crippen molar-refractivity contribution in [1.29, 1.82) is 0 Å². The third-order valence-electron chi connectivity index (χ3n) is 6.66. The van der Waals surface area contributed by atoms with Gasteiger partial charge in [0.15, 0.2) is 0 Å². The highest BCUT2D eigenvalue weighted by atomic mass is 19.1. The number of fused-ring (bicyclic) bond motifs is 1. The van der Waals surface area contributed by atoms with Crippen molar-refractivity contribution in [3.05, 3.63) is 63.5 Å². The minimum absolute atomic E-state index is 0.0207. The van der Waals surface area contributed by atoms with Crippen molar-refractivity contribution in [2.24, 2.45) is 0 Å². The number of hydrogen-bond acceptors (Lipinski definition) is 5. The molecule has 1 saturated heterocycles. The number of halogens is 1. The van der Waals surface area contributed by atoms with Crippen LogP contribution in [0.1, 0.15) is 29.7 Å². The van der Waals surface area contributed by atoms with E-state index in [0.29, 0.717) is 63.0 Å². The highest BCUT2D eigenvalue weighted by Gasteiger charge is 2.21. The van der Waals surface area contributed by atoms with E-state index in [1.54, 1.807) is 6.07 Å². The van der Waals surface area contributed by atoms with Gasteiger partial charge in [-0.05, 0) is 43.5 Å². The first-order chi connectivity index (χ1) is 16.5. The molecule has 34 heavy (non-hydrogen) atoms. The summed E-state index contributed by atoms with van der Waals surface area (Å²) in [4.78, 5) is 39.9. The number of hydrogen-bond donors (Lipinski definition) is 2. The number of H-pyrrole nitrogens is 2. The second kappa shape index (κ2) is 9.42. The zero-order valence-electron chi connectivity index (χ0n) is 19.2. The summed E-state index contributed by atoms with van der Waals surface area (Å²) in [5.74, 6) is 0.317. The average Bonchev–Trinajstić information content (AvgIpc) is 3.27. The Kier molecular flexibility index (Phi) is 6.19. The maximum absolute atomic E-state index is 13.5. The van der Waals surface area contributed by atoms with Crippen LogP contribution in [0.2, 0.25) is 0 Å². The SMILES string of the molecule is Cc1nc(N2CCOCC2)[nH]c(=O)c1CCC(=O)N1CC=C(c2c[nH]c3cc(F)ccc23)CC1. The molecule has 0 aliphatic carbocycles. The van der Waals surface area contributed by atoms with E-state index in [0.717, 1.165) is 28.5 Å². The molecule has 4 heterocycles. The molecule has 0 saturated carbocycles. The Hall–Kier alpha value is -3.46. The fourth-order valence-corrected chi connectivity index (χ4v) is 4.71. The van der Waals surface area contributed by atoms with E-state index < -0.39 is 0 Å². The third-order valence-corrected chi connectivity index (χ3v) is 6.66. The fraction of sp³-hybridized carbons (Fsp3) is 0.400. The van der Waals surface area contributed by atoms with E-state index in [1.165, 1.54) is 12.1 Å². The number of amides is 1. The Morgan fingerprint density at radius 3 is 2.79 bits per heavy atom. The Morgan fingerprint density at radius 2 is 2.06 bits per heavy atom. The summed E-state index contributed by atoms with van der Waals surface area (Å²) < 4.78 is 18.8. The number of rotatable bonds is 5. The summed E-state index contributed by atoms with van der Waals surface area (Å²) in [5, 5.41) is 0.982. The van der Waals surface area contributed by atoms with Gasteiger partial charge in [-0.15, -0.1) is 0 Å². The number of anilines is 1. The van der Waals surface area contributed by atoms with Crippen LogP contribution >= 0.6 is 0 Å². The fourth-order valence-electron chi connectivity index (χ4n) is 4.71. The monoisotopic (exact) mass is 465 g/mol. The van der Waals surface area contributed by atoms with Crippen molar-refractivity contribution in [3.8, 4) is 0 Å². The van der Waals surface area contributed by atoms with Crippen molar-refractivity contribution in [3.63, 3.8) is 0 Å². The van der Waals surface area contributed by atoms with E-state index in [-0.39, 0.29) is 23.7 Å². The molecule has 8 nitrogen and oxygen atoms in total. The highest BCUT2D eigenvalue weighted by molar-refractivity contribution is 5.93. The smallest absolute Gasteiger partial charge is 0.255 e. The van der Waals surface area contributed by atoms with Crippen LogP contribution in [0.25, 0.3) is 16.5 Å². The molecular weight excluding hydrogens is 437 g/mol. The molecule has 0 radical (unpaired) electrons. The van der Waals surface area contributed by atoms with E-state index in [2.05, 4.69) is 21.0 Å². The molecule has 3 aromatic rings.